The lowest BCUT2D eigenvalue weighted by atomic mass is 10.4. The van der Waals surface area contributed by atoms with Crippen LogP contribution in [0.5, 0.6) is 0 Å². The number of halogens is 1. The zero-order valence-corrected chi connectivity index (χ0v) is 9.46. The van der Waals surface area contributed by atoms with Gasteiger partial charge in [0.25, 0.3) is 0 Å². The molecule has 5 nitrogen and oxygen atoms in total. The molecule has 0 saturated carbocycles. The van der Waals surface area contributed by atoms with Crippen LogP contribution in [0.3, 0.4) is 0 Å². The van der Waals surface area contributed by atoms with Crippen LogP contribution in [-0.2, 0) is 14.8 Å². The van der Waals surface area contributed by atoms with Crippen molar-refractivity contribution in [1.29, 1.82) is 0 Å². The maximum atomic E-state index is 10.9. The van der Waals surface area contributed by atoms with Crippen molar-refractivity contribution < 1.29 is 8.42 Å². The van der Waals surface area contributed by atoms with Crippen molar-refractivity contribution in [2.45, 2.75) is 12.7 Å². The lowest BCUT2D eigenvalue weighted by Gasteiger charge is -1.94. The second-order valence-corrected chi connectivity index (χ2v) is 5.90. The Kier molecular flexibility index (Phi) is 2.40. The molecular formula is C8H8ClN3O2S. The van der Waals surface area contributed by atoms with Gasteiger partial charge in [0.2, 0.25) is 9.05 Å². The van der Waals surface area contributed by atoms with Gasteiger partial charge >= 0.3 is 0 Å². The van der Waals surface area contributed by atoms with Crippen LogP contribution in [-0.4, -0.2) is 22.8 Å². The molecule has 2 heterocycles. The van der Waals surface area contributed by atoms with E-state index in [-0.39, 0.29) is 5.75 Å². The van der Waals surface area contributed by atoms with Crippen LogP contribution in [0, 0.1) is 6.92 Å². The molecule has 0 bridgehead atoms. The Morgan fingerprint density at radius 3 is 2.93 bits per heavy atom. The molecule has 0 amide bonds. The third kappa shape index (κ3) is 2.10. The van der Waals surface area contributed by atoms with Crippen molar-refractivity contribution in [2.24, 2.45) is 0 Å². The van der Waals surface area contributed by atoms with Crippen LogP contribution in [0.25, 0.3) is 5.52 Å². The third-order valence-electron chi connectivity index (χ3n) is 2.01. The first-order chi connectivity index (χ1) is 6.97. The zero-order chi connectivity index (χ0) is 11.1. The predicted molar refractivity (Wildman–Crippen MR) is 56.2 cm³/mol. The highest BCUT2D eigenvalue weighted by atomic mass is 35.7. The summed E-state index contributed by atoms with van der Waals surface area (Å²) in [5, 5.41) is 0. The number of aromatic nitrogens is 3. The zero-order valence-electron chi connectivity index (χ0n) is 7.88. The van der Waals surface area contributed by atoms with Gasteiger partial charge < -0.3 is 4.40 Å². The van der Waals surface area contributed by atoms with Crippen LogP contribution in [0.4, 0.5) is 0 Å². The minimum Gasteiger partial charge on any atom is -0.301 e. The molecule has 0 radical (unpaired) electrons. The van der Waals surface area contributed by atoms with Gasteiger partial charge in [0.05, 0.1) is 17.4 Å². The van der Waals surface area contributed by atoms with Gasteiger partial charge in [0.1, 0.15) is 11.6 Å². The van der Waals surface area contributed by atoms with Crippen molar-refractivity contribution in [2.75, 3.05) is 0 Å². The highest BCUT2D eigenvalue weighted by Gasteiger charge is 2.14. The molecule has 7 heteroatoms. The molecule has 0 fully saturated rings. The molecule has 0 aliphatic heterocycles. The summed E-state index contributed by atoms with van der Waals surface area (Å²) in [6.07, 6.45) is 4.90. The Bertz CT molecular complexity index is 605. The molecule has 0 N–H and O–H groups in total. The fourth-order valence-corrected chi connectivity index (χ4v) is 2.28. The van der Waals surface area contributed by atoms with Gasteiger partial charge in [-0.25, -0.2) is 13.4 Å². The minimum absolute atomic E-state index is 0.280. The Morgan fingerprint density at radius 1 is 1.53 bits per heavy atom. The van der Waals surface area contributed by atoms with Crippen LogP contribution in [0.1, 0.15) is 11.5 Å². The summed E-state index contributed by atoms with van der Waals surface area (Å²) in [7, 11) is 1.59. The topological polar surface area (TPSA) is 64.3 Å². The molecule has 15 heavy (non-hydrogen) atoms. The van der Waals surface area contributed by atoms with E-state index in [9.17, 15) is 8.42 Å². The lowest BCUT2D eigenvalue weighted by molar-refractivity contribution is 0.608. The maximum absolute atomic E-state index is 10.9. The predicted octanol–water partition coefficient (Wildman–Crippen LogP) is 1.11. The molecule has 0 unspecified atom stereocenters. The molecule has 80 valence electrons. The maximum Gasteiger partial charge on any atom is 0.238 e. The molecule has 2 rings (SSSR count). The second-order valence-electron chi connectivity index (χ2n) is 3.12. The molecule has 2 aromatic heterocycles. The van der Waals surface area contributed by atoms with Gasteiger partial charge in [-0.1, -0.05) is 0 Å². The third-order valence-corrected chi connectivity index (χ3v) is 2.95. The van der Waals surface area contributed by atoms with Crippen molar-refractivity contribution in [1.82, 2.24) is 14.4 Å². The summed E-state index contributed by atoms with van der Waals surface area (Å²) < 4.78 is 23.7. The largest absolute Gasteiger partial charge is 0.301 e. The van der Waals surface area contributed by atoms with E-state index >= 15 is 0 Å². The van der Waals surface area contributed by atoms with Crippen LogP contribution in [0.2, 0.25) is 0 Å². The quantitative estimate of drug-likeness (QED) is 0.744. The number of hydrogen-bond donors (Lipinski definition) is 0. The summed E-state index contributed by atoms with van der Waals surface area (Å²) in [5.41, 5.74) is 1.09. The molecule has 0 saturated heterocycles. The number of fused-ring (bicyclic) bond motifs is 1. The van der Waals surface area contributed by atoms with Crippen molar-refractivity contribution in [3.8, 4) is 0 Å². The number of hydrogen-bond acceptors (Lipinski definition) is 4. The summed E-state index contributed by atoms with van der Waals surface area (Å²) in [6.45, 7) is 1.79. The monoisotopic (exact) mass is 245 g/mol. The first-order valence-corrected chi connectivity index (χ1v) is 6.65. The summed E-state index contributed by atoms with van der Waals surface area (Å²) in [4.78, 5) is 8.05. The molecule has 0 spiro atoms. The average molecular weight is 246 g/mol. The SMILES string of the molecule is Cc1nc(CS(=O)(=O)Cl)c2cnccn12. The minimum atomic E-state index is -3.59. The first kappa shape index (κ1) is 10.4. The molecule has 0 aromatic carbocycles. The standard InChI is InChI=1S/C8H8ClN3O2S/c1-6-11-7(5-15(9,13)14)8-4-10-2-3-12(6)8/h2-4H,5H2,1H3. The first-order valence-electron chi connectivity index (χ1n) is 4.17. The van der Waals surface area contributed by atoms with Crippen LogP contribution >= 0.6 is 10.7 Å². The van der Waals surface area contributed by atoms with Gasteiger partial charge in [-0.05, 0) is 6.92 Å². The van der Waals surface area contributed by atoms with Gasteiger partial charge in [-0.3, -0.25) is 4.98 Å². The number of rotatable bonds is 2. The van der Waals surface area contributed by atoms with Crippen molar-refractivity contribution in [3.05, 3.63) is 30.1 Å². The Balaban J connectivity index is 2.62. The van der Waals surface area contributed by atoms with E-state index in [1.54, 1.807) is 29.9 Å². The smallest absolute Gasteiger partial charge is 0.238 e. The van der Waals surface area contributed by atoms with E-state index in [2.05, 4.69) is 9.97 Å². The Labute approximate surface area is 91.2 Å². The number of nitrogens with zero attached hydrogens (tertiary/aromatic N) is 3. The van der Waals surface area contributed by atoms with E-state index in [1.165, 1.54) is 0 Å². The van der Waals surface area contributed by atoms with Gasteiger partial charge in [-0.15, -0.1) is 0 Å². The van der Waals surface area contributed by atoms with Gasteiger partial charge in [0.15, 0.2) is 0 Å². The Hall–Kier alpha value is -1.14. The normalized spacial score (nSPS) is 12.1. The fourth-order valence-electron chi connectivity index (χ4n) is 1.43. The lowest BCUT2D eigenvalue weighted by Crippen LogP contribution is -1.96. The van der Waals surface area contributed by atoms with Crippen LogP contribution in [0.15, 0.2) is 18.6 Å². The fraction of sp³-hybridized carbons (Fsp3) is 0.250. The molecule has 2 aromatic rings. The molecule has 0 atom stereocenters. The number of aryl methyl sites for hydroxylation is 1. The summed E-state index contributed by atoms with van der Waals surface area (Å²) in [5.74, 6) is 0.431. The molecule has 0 aliphatic carbocycles. The highest BCUT2D eigenvalue weighted by Crippen LogP contribution is 2.15. The van der Waals surface area contributed by atoms with E-state index in [0.29, 0.717) is 17.0 Å². The summed E-state index contributed by atoms with van der Waals surface area (Å²) >= 11 is 0. The molecular weight excluding hydrogens is 238 g/mol. The highest BCUT2D eigenvalue weighted by molar-refractivity contribution is 8.13. The Morgan fingerprint density at radius 2 is 2.27 bits per heavy atom. The molecule has 0 aliphatic rings. The van der Waals surface area contributed by atoms with Crippen LogP contribution < -0.4 is 0 Å². The van der Waals surface area contributed by atoms with E-state index in [0.717, 1.165) is 0 Å². The average Bonchev–Trinajstić information content (AvgIpc) is 2.42. The van der Waals surface area contributed by atoms with Gasteiger partial charge in [0, 0.05) is 23.1 Å². The van der Waals surface area contributed by atoms with Crippen molar-refractivity contribution in [3.63, 3.8) is 0 Å². The second kappa shape index (κ2) is 3.46. The van der Waals surface area contributed by atoms with Crippen molar-refractivity contribution >= 4 is 25.2 Å². The van der Waals surface area contributed by atoms with E-state index in [1.807, 2.05) is 0 Å². The van der Waals surface area contributed by atoms with E-state index < -0.39 is 9.05 Å². The van der Waals surface area contributed by atoms with Gasteiger partial charge in [-0.2, -0.15) is 0 Å². The summed E-state index contributed by atoms with van der Waals surface area (Å²) in [6, 6.07) is 0. The number of imidazole rings is 1. The van der Waals surface area contributed by atoms with E-state index in [4.69, 9.17) is 10.7 Å².